The number of aromatic nitrogens is 1. The number of aliphatic hydroxyl groups is 1. The Labute approximate surface area is 196 Å². The summed E-state index contributed by atoms with van der Waals surface area (Å²) >= 11 is 0. The molecule has 1 aliphatic heterocycles. The van der Waals surface area contributed by atoms with Gasteiger partial charge in [0.05, 0.1) is 18.7 Å². The number of nitrogens with zero attached hydrogens (tertiary/aromatic N) is 2. The number of β-amino-alcohol motifs (C(OH)–C–C–N with tert-alkyl or cyclic N) is 1. The Morgan fingerprint density at radius 2 is 1.82 bits per heavy atom. The second-order valence-corrected chi connectivity index (χ2v) is 8.33. The third-order valence-corrected chi connectivity index (χ3v) is 5.87. The average molecular weight is 463 g/mol. The number of carbonyl (C=O) groups excluding carboxylic acids is 3. The maximum atomic E-state index is 13.0. The van der Waals surface area contributed by atoms with E-state index < -0.39 is 30.0 Å². The molecule has 9 nitrogen and oxygen atoms in total. The summed E-state index contributed by atoms with van der Waals surface area (Å²) in [6.45, 7) is 0.0211. The normalized spacial score (nSPS) is 18.4. The van der Waals surface area contributed by atoms with E-state index in [1.807, 2.05) is 54.6 Å². The topological polar surface area (TPSA) is 139 Å². The van der Waals surface area contributed by atoms with Crippen molar-refractivity contribution in [2.45, 2.75) is 37.5 Å². The van der Waals surface area contributed by atoms with Crippen LogP contribution in [0.25, 0.3) is 11.1 Å². The van der Waals surface area contributed by atoms with Crippen molar-refractivity contribution in [3.63, 3.8) is 0 Å². The first-order valence-electron chi connectivity index (χ1n) is 11.0. The summed E-state index contributed by atoms with van der Waals surface area (Å²) in [5.41, 5.74) is 8.49. The number of hydrogen-bond acceptors (Lipinski definition) is 6. The highest BCUT2D eigenvalue weighted by atomic mass is 16.3. The predicted molar refractivity (Wildman–Crippen MR) is 123 cm³/mol. The molecule has 34 heavy (non-hydrogen) atoms. The van der Waals surface area contributed by atoms with Crippen LogP contribution >= 0.6 is 0 Å². The van der Waals surface area contributed by atoms with E-state index in [2.05, 4.69) is 10.3 Å². The zero-order chi connectivity index (χ0) is 24.1. The molecule has 0 bridgehead atoms. The predicted octanol–water partition coefficient (Wildman–Crippen LogP) is 1.06. The van der Waals surface area contributed by atoms with E-state index in [-0.39, 0.29) is 31.7 Å². The quantitative estimate of drug-likeness (QED) is 0.458. The van der Waals surface area contributed by atoms with Crippen LogP contribution in [-0.4, -0.2) is 57.4 Å². The maximum absolute atomic E-state index is 13.0. The van der Waals surface area contributed by atoms with E-state index in [1.165, 1.54) is 17.5 Å². The summed E-state index contributed by atoms with van der Waals surface area (Å²) in [4.78, 5) is 42.8. The highest BCUT2D eigenvalue weighted by Gasteiger charge is 2.40. The lowest BCUT2D eigenvalue weighted by atomic mass is 10.00. The first-order valence-corrected chi connectivity index (χ1v) is 11.0. The molecule has 1 aromatic heterocycles. The lowest BCUT2D eigenvalue weighted by Gasteiger charge is -2.25. The second-order valence-electron chi connectivity index (χ2n) is 8.33. The van der Waals surface area contributed by atoms with Crippen molar-refractivity contribution in [1.82, 2.24) is 15.2 Å². The molecule has 1 saturated heterocycles. The van der Waals surface area contributed by atoms with Gasteiger partial charge >= 0.3 is 0 Å². The van der Waals surface area contributed by atoms with Crippen molar-refractivity contribution in [3.05, 3.63) is 78.5 Å². The smallest absolute Gasteiger partial charge is 0.243 e. The number of carbonyl (C=O) groups is 3. The van der Waals surface area contributed by atoms with Gasteiger partial charge in [0.2, 0.25) is 17.7 Å². The molecule has 3 atom stereocenters. The van der Waals surface area contributed by atoms with Crippen LogP contribution in [-0.2, 0) is 27.2 Å². The zero-order valence-corrected chi connectivity index (χ0v) is 18.5. The van der Waals surface area contributed by atoms with Crippen LogP contribution < -0.4 is 11.1 Å². The van der Waals surface area contributed by atoms with Crippen LogP contribution in [0.3, 0.4) is 0 Å². The molecule has 0 radical (unpaired) electrons. The third-order valence-electron chi connectivity index (χ3n) is 5.87. The van der Waals surface area contributed by atoms with Crippen molar-refractivity contribution in [3.8, 4) is 11.1 Å². The molecule has 2 heterocycles. The number of hydrogen-bond donors (Lipinski definition) is 3. The molecule has 4 N–H and O–H groups in total. The van der Waals surface area contributed by atoms with Crippen molar-refractivity contribution in [2.24, 2.45) is 5.73 Å². The first kappa shape index (κ1) is 23.2. The van der Waals surface area contributed by atoms with E-state index in [9.17, 15) is 19.5 Å². The molecular formula is C25H26N4O5. The number of nitrogens with one attached hydrogen (secondary N) is 1. The summed E-state index contributed by atoms with van der Waals surface area (Å²) in [6, 6.07) is 15.7. The number of benzene rings is 2. The molecule has 4 rings (SSSR count). The molecule has 1 aliphatic rings. The summed E-state index contributed by atoms with van der Waals surface area (Å²) < 4.78 is 5.10. The number of aliphatic hydroxyl groups excluding tert-OH is 1. The van der Waals surface area contributed by atoms with Gasteiger partial charge in [-0.05, 0) is 16.7 Å². The largest absolute Gasteiger partial charge is 0.448 e. The minimum Gasteiger partial charge on any atom is -0.448 e. The summed E-state index contributed by atoms with van der Waals surface area (Å²) in [5, 5.41) is 12.8. The van der Waals surface area contributed by atoms with Gasteiger partial charge < -0.3 is 25.5 Å². The standard InChI is InChI=1S/C25H26N4O5/c26-24(32)21(10-16-6-8-18(9-7-16)17-4-2-1-3-5-17)28-25(33)22-11-19(30)14-29(22)23(31)12-20-13-27-15-34-20/h1-9,13,15,19,21-22,30H,10-12,14H2,(H2,26,32)(H,28,33)/t19-,21-,22+/m1/s1. The average Bonchev–Trinajstić information content (AvgIpc) is 3.49. The Hall–Kier alpha value is -3.98. The molecule has 9 heteroatoms. The highest BCUT2D eigenvalue weighted by Crippen LogP contribution is 2.21. The summed E-state index contributed by atoms with van der Waals surface area (Å²) in [5.74, 6) is -1.23. The number of primary amides is 1. The molecule has 176 valence electrons. The lowest BCUT2D eigenvalue weighted by molar-refractivity contribution is -0.139. The van der Waals surface area contributed by atoms with Crippen LogP contribution in [0.2, 0.25) is 0 Å². The van der Waals surface area contributed by atoms with Crippen LogP contribution in [0.4, 0.5) is 0 Å². The van der Waals surface area contributed by atoms with E-state index in [4.69, 9.17) is 10.2 Å². The molecule has 3 aromatic rings. The number of nitrogens with two attached hydrogens (primary N) is 1. The SMILES string of the molecule is NC(=O)[C@@H](Cc1ccc(-c2ccccc2)cc1)NC(=O)[C@@H]1C[C@@H](O)CN1C(=O)Cc1cnco1. The van der Waals surface area contributed by atoms with Gasteiger partial charge in [-0.1, -0.05) is 54.6 Å². The van der Waals surface area contributed by atoms with E-state index in [0.29, 0.717) is 5.76 Å². The maximum Gasteiger partial charge on any atom is 0.243 e. The minimum atomic E-state index is -0.959. The van der Waals surface area contributed by atoms with Gasteiger partial charge in [0.15, 0.2) is 6.39 Å². The van der Waals surface area contributed by atoms with E-state index in [1.54, 1.807) is 0 Å². The second kappa shape index (κ2) is 10.3. The van der Waals surface area contributed by atoms with E-state index >= 15 is 0 Å². The summed E-state index contributed by atoms with van der Waals surface area (Å²) in [6.07, 6.45) is 2.00. The molecule has 3 amide bonds. The molecule has 0 spiro atoms. The van der Waals surface area contributed by atoms with Crippen molar-refractivity contribution >= 4 is 17.7 Å². The summed E-state index contributed by atoms with van der Waals surface area (Å²) in [7, 11) is 0. The lowest BCUT2D eigenvalue weighted by Crippen LogP contribution is -2.53. The van der Waals surface area contributed by atoms with Gasteiger partial charge in [-0.3, -0.25) is 14.4 Å². The fourth-order valence-corrected chi connectivity index (χ4v) is 4.11. The van der Waals surface area contributed by atoms with Gasteiger partial charge in [-0.2, -0.15) is 0 Å². The van der Waals surface area contributed by atoms with Crippen molar-refractivity contribution in [1.29, 1.82) is 0 Å². The molecule has 0 unspecified atom stereocenters. The van der Waals surface area contributed by atoms with Gasteiger partial charge in [0.25, 0.3) is 0 Å². The van der Waals surface area contributed by atoms with Crippen LogP contribution in [0.5, 0.6) is 0 Å². The number of rotatable bonds is 8. The number of oxazole rings is 1. The molecule has 0 saturated carbocycles. The Bertz CT molecular complexity index is 1130. The van der Waals surface area contributed by atoms with Crippen LogP contribution in [0.15, 0.2) is 71.6 Å². The monoisotopic (exact) mass is 462 g/mol. The van der Waals surface area contributed by atoms with Gasteiger partial charge in [-0.25, -0.2) is 4.98 Å². The Kier molecular flexibility index (Phi) is 7.03. The van der Waals surface area contributed by atoms with Gasteiger partial charge in [0, 0.05) is 19.4 Å². The van der Waals surface area contributed by atoms with E-state index in [0.717, 1.165) is 16.7 Å². The van der Waals surface area contributed by atoms with Crippen LogP contribution in [0.1, 0.15) is 17.7 Å². The molecule has 0 aliphatic carbocycles. The number of amides is 3. The van der Waals surface area contributed by atoms with Gasteiger partial charge in [-0.15, -0.1) is 0 Å². The van der Waals surface area contributed by atoms with Gasteiger partial charge in [0.1, 0.15) is 17.8 Å². The number of likely N-dealkylation sites (tertiary alicyclic amines) is 1. The first-order chi connectivity index (χ1) is 16.4. The highest BCUT2D eigenvalue weighted by molar-refractivity contribution is 5.92. The van der Waals surface area contributed by atoms with Crippen LogP contribution in [0, 0.1) is 0 Å². The molecule has 2 aromatic carbocycles. The molecular weight excluding hydrogens is 436 g/mol. The van der Waals surface area contributed by atoms with Crippen molar-refractivity contribution in [2.75, 3.05) is 6.54 Å². The zero-order valence-electron chi connectivity index (χ0n) is 18.5. The fraction of sp³-hybridized carbons (Fsp3) is 0.280. The third kappa shape index (κ3) is 5.49. The molecule has 1 fully saturated rings. The Morgan fingerprint density at radius 3 is 2.47 bits per heavy atom. The van der Waals surface area contributed by atoms with Crippen molar-refractivity contribution < 1.29 is 23.9 Å². The fourth-order valence-electron chi connectivity index (χ4n) is 4.11. The Morgan fingerprint density at radius 1 is 1.12 bits per heavy atom. The minimum absolute atomic E-state index is 0.0211. The Balaban J connectivity index is 1.42.